The molecule has 0 spiro atoms. The van der Waals surface area contributed by atoms with Gasteiger partial charge < -0.3 is 4.42 Å². The molecule has 3 aromatic carbocycles. The van der Waals surface area contributed by atoms with Gasteiger partial charge in [0.25, 0.3) is 11.4 Å². The summed E-state index contributed by atoms with van der Waals surface area (Å²) < 4.78 is 11.1. The van der Waals surface area contributed by atoms with E-state index in [1.54, 1.807) is 0 Å². The Morgan fingerprint density at radius 2 is 1.39 bits per heavy atom. The zero-order chi connectivity index (χ0) is 26.4. The third-order valence-corrected chi connectivity index (χ3v) is 7.55. The lowest BCUT2D eigenvalue weighted by atomic mass is 9.86. The van der Waals surface area contributed by atoms with Crippen molar-refractivity contribution >= 4 is 21.9 Å². The highest BCUT2D eigenvalue weighted by Gasteiger charge is 2.30. The summed E-state index contributed by atoms with van der Waals surface area (Å²) in [7, 11) is 0. The van der Waals surface area contributed by atoms with Crippen molar-refractivity contribution in [2.75, 3.05) is 0 Å². The van der Waals surface area contributed by atoms with Gasteiger partial charge in [0.05, 0.1) is 20.5 Å². The number of nitrogens with zero attached hydrogens (tertiary/aromatic N) is 2. The van der Waals surface area contributed by atoms with E-state index in [9.17, 15) is 0 Å². The van der Waals surface area contributed by atoms with E-state index in [4.69, 9.17) is 4.42 Å². The number of hydrogen-bond acceptors (Lipinski definition) is 1. The Kier molecular flexibility index (Phi) is 5.87. The first-order chi connectivity index (χ1) is 18.4. The first-order valence-electron chi connectivity index (χ1n) is 13.4. The number of aromatic nitrogens is 2. The average molecular weight is 499 g/mol. The smallest absolute Gasteiger partial charge is 0.288 e. The molecule has 6 rings (SSSR count). The van der Waals surface area contributed by atoms with Crippen LogP contribution >= 0.6 is 0 Å². The van der Waals surface area contributed by atoms with Crippen molar-refractivity contribution in [2.45, 2.75) is 46.5 Å². The molecule has 38 heavy (non-hydrogen) atoms. The van der Waals surface area contributed by atoms with E-state index in [2.05, 4.69) is 147 Å². The zero-order valence-corrected chi connectivity index (χ0v) is 22.8. The van der Waals surface area contributed by atoms with Crippen molar-refractivity contribution in [1.82, 2.24) is 0 Å². The molecule has 0 aliphatic rings. The fraction of sp³-hybridized carbons (Fsp3) is 0.200. The van der Waals surface area contributed by atoms with E-state index in [-0.39, 0.29) is 5.41 Å². The van der Waals surface area contributed by atoms with Gasteiger partial charge in [-0.05, 0) is 65.8 Å². The molecule has 6 aromatic rings. The van der Waals surface area contributed by atoms with Gasteiger partial charge in [0, 0.05) is 35.0 Å². The molecule has 0 N–H and O–H groups in total. The molecule has 0 saturated carbocycles. The second kappa shape index (κ2) is 9.25. The Morgan fingerprint density at radius 3 is 2.13 bits per heavy atom. The van der Waals surface area contributed by atoms with Gasteiger partial charge in [-0.15, -0.1) is 0 Å². The van der Waals surface area contributed by atoms with E-state index < -0.39 is 0 Å². The quantitative estimate of drug-likeness (QED) is 0.226. The molecular formula is C35H34N2O+2. The molecular weight excluding hydrogens is 464 g/mol. The predicted molar refractivity (Wildman–Crippen MR) is 155 cm³/mol. The Hall–Kier alpha value is -4.24. The molecule has 0 aliphatic heterocycles. The van der Waals surface area contributed by atoms with Gasteiger partial charge in [0.2, 0.25) is 12.4 Å². The SMILES string of the molecule is CCc1ccccc1-c1cccc[n+]1-[n+]1ccccc1-c1c(C)ccc2c1oc1ccc(C(C)(C)C)cc12. The summed E-state index contributed by atoms with van der Waals surface area (Å²) in [6, 6.07) is 32.5. The molecule has 3 heterocycles. The highest BCUT2D eigenvalue weighted by molar-refractivity contribution is 6.10. The number of benzene rings is 3. The number of pyridine rings is 2. The highest BCUT2D eigenvalue weighted by atomic mass is 16.3. The van der Waals surface area contributed by atoms with Gasteiger partial charge in [-0.2, -0.15) is 0 Å². The Bertz CT molecular complexity index is 1800. The maximum atomic E-state index is 6.61. The van der Waals surface area contributed by atoms with Gasteiger partial charge in [-0.3, -0.25) is 0 Å². The molecule has 0 saturated heterocycles. The highest BCUT2D eigenvalue weighted by Crippen LogP contribution is 2.38. The maximum absolute atomic E-state index is 6.61. The summed E-state index contributed by atoms with van der Waals surface area (Å²) in [6.07, 6.45) is 5.24. The third kappa shape index (κ3) is 3.99. The van der Waals surface area contributed by atoms with Crippen molar-refractivity contribution < 1.29 is 13.8 Å². The second-order valence-corrected chi connectivity index (χ2v) is 11.1. The van der Waals surface area contributed by atoms with E-state index in [0.29, 0.717) is 0 Å². The average Bonchev–Trinajstić information content (AvgIpc) is 3.30. The minimum atomic E-state index is 0.0723. The van der Waals surface area contributed by atoms with Crippen molar-refractivity contribution in [3.05, 3.63) is 120 Å². The van der Waals surface area contributed by atoms with Crippen molar-refractivity contribution in [3.63, 3.8) is 0 Å². The fourth-order valence-corrected chi connectivity index (χ4v) is 5.46. The monoisotopic (exact) mass is 498 g/mol. The van der Waals surface area contributed by atoms with Crippen LogP contribution < -0.4 is 9.35 Å². The standard InChI is InChI=1S/C35H34N2O/c1-6-25-13-7-8-14-27(25)30-15-9-11-21-36(30)37-22-12-10-16-31(37)33-24(2)17-19-28-29-23-26(35(3,4)5)18-20-32(29)38-34(28)33/h7-23H,6H2,1-5H3/q+2. The largest absolute Gasteiger partial charge is 0.455 e. The number of rotatable bonds is 4. The van der Waals surface area contributed by atoms with Crippen LogP contribution in [0.2, 0.25) is 0 Å². The number of fused-ring (bicyclic) bond motifs is 3. The number of aryl methyl sites for hydroxylation is 2. The molecule has 0 radical (unpaired) electrons. The van der Waals surface area contributed by atoms with E-state index in [0.717, 1.165) is 39.9 Å². The Morgan fingerprint density at radius 1 is 0.711 bits per heavy atom. The molecule has 0 amide bonds. The Labute approximate surface area is 224 Å². The molecule has 0 atom stereocenters. The van der Waals surface area contributed by atoms with Crippen LogP contribution in [0.1, 0.15) is 44.4 Å². The van der Waals surface area contributed by atoms with Gasteiger partial charge in [0.1, 0.15) is 11.2 Å². The summed E-state index contributed by atoms with van der Waals surface area (Å²) in [5.41, 5.74) is 10.3. The summed E-state index contributed by atoms with van der Waals surface area (Å²) in [5.74, 6) is 0. The normalized spacial score (nSPS) is 11.9. The Balaban J connectivity index is 1.62. The molecule has 0 fully saturated rings. The van der Waals surface area contributed by atoms with Crippen LogP contribution in [0.15, 0.2) is 108 Å². The van der Waals surface area contributed by atoms with Crippen LogP contribution in [0.4, 0.5) is 0 Å². The molecule has 0 bridgehead atoms. The zero-order valence-electron chi connectivity index (χ0n) is 22.8. The van der Waals surface area contributed by atoms with Crippen LogP contribution in [-0.2, 0) is 11.8 Å². The first kappa shape index (κ1) is 24.1. The van der Waals surface area contributed by atoms with Crippen LogP contribution in [0.25, 0.3) is 44.5 Å². The summed E-state index contributed by atoms with van der Waals surface area (Å²) in [5, 5.41) is 2.32. The minimum Gasteiger partial charge on any atom is -0.455 e. The van der Waals surface area contributed by atoms with E-state index >= 15 is 0 Å². The molecule has 3 heteroatoms. The van der Waals surface area contributed by atoms with Gasteiger partial charge in [-0.1, -0.05) is 64.1 Å². The van der Waals surface area contributed by atoms with E-state index in [1.807, 2.05) is 0 Å². The summed E-state index contributed by atoms with van der Waals surface area (Å²) in [4.78, 5) is 0. The molecule has 3 nitrogen and oxygen atoms in total. The van der Waals surface area contributed by atoms with E-state index in [1.165, 1.54) is 27.6 Å². The second-order valence-electron chi connectivity index (χ2n) is 11.1. The van der Waals surface area contributed by atoms with Crippen LogP contribution in [0.5, 0.6) is 0 Å². The topological polar surface area (TPSA) is 20.9 Å². The lowest BCUT2D eigenvalue weighted by molar-refractivity contribution is -1.29. The number of furan rings is 1. The first-order valence-corrected chi connectivity index (χ1v) is 13.4. The maximum Gasteiger partial charge on any atom is 0.288 e. The van der Waals surface area contributed by atoms with Crippen LogP contribution in [-0.4, -0.2) is 0 Å². The molecule has 3 aromatic heterocycles. The molecule has 188 valence electrons. The minimum absolute atomic E-state index is 0.0723. The summed E-state index contributed by atoms with van der Waals surface area (Å²) in [6.45, 7) is 11.1. The molecule has 0 unspecified atom stereocenters. The van der Waals surface area contributed by atoms with Gasteiger partial charge in [0.15, 0.2) is 0 Å². The van der Waals surface area contributed by atoms with Crippen LogP contribution in [0.3, 0.4) is 0 Å². The van der Waals surface area contributed by atoms with Gasteiger partial charge >= 0.3 is 0 Å². The fourth-order valence-electron chi connectivity index (χ4n) is 5.46. The van der Waals surface area contributed by atoms with Crippen molar-refractivity contribution in [3.8, 4) is 22.5 Å². The molecule has 0 aliphatic carbocycles. The predicted octanol–water partition coefficient (Wildman–Crippen LogP) is 7.97. The van der Waals surface area contributed by atoms with Gasteiger partial charge in [-0.25, -0.2) is 0 Å². The number of hydrogen-bond donors (Lipinski definition) is 0. The summed E-state index contributed by atoms with van der Waals surface area (Å²) >= 11 is 0. The van der Waals surface area contributed by atoms with Crippen LogP contribution in [0, 0.1) is 6.92 Å². The lowest BCUT2D eigenvalue weighted by Crippen LogP contribution is -2.68. The van der Waals surface area contributed by atoms with Crippen molar-refractivity contribution in [2.24, 2.45) is 0 Å². The van der Waals surface area contributed by atoms with Crippen molar-refractivity contribution in [1.29, 1.82) is 0 Å². The third-order valence-electron chi connectivity index (χ3n) is 7.55. The lowest BCUT2D eigenvalue weighted by Gasteiger charge is -2.18.